The van der Waals surface area contributed by atoms with Crippen molar-refractivity contribution in [1.29, 1.82) is 0 Å². The Hall–Kier alpha value is -2.85. The molecule has 2 aromatic heterocycles. The van der Waals surface area contributed by atoms with E-state index < -0.39 is 15.8 Å². The van der Waals surface area contributed by atoms with Crippen molar-refractivity contribution < 1.29 is 12.8 Å². The van der Waals surface area contributed by atoms with E-state index >= 15 is 0 Å². The summed E-state index contributed by atoms with van der Waals surface area (Å²) >= 11 is 1.56. The lowest BCUT2D eigenvalue weighted by atomic mass is 10.3. The molecular formula is C18H16N4O4S2. The van der Waals surface area contributed by atoms with Crippen LogP contribution < -0.4 is 15.4 Å². The summed E-state index contributed by atoms with van der Waals surface area (Å²) < 4.78 is 33.9. The predicted molar refractivity (Wildman–Crippen MR) is 109 cm³/mol. The highest BCUT2D eigenvalue weighted by Gasteiger charge is 2.19. The van der Waals surface area contributed by atoms with E-state index in [9.17, 15) is 13.2 Å². The van der Waals surface area contributed by atoms with Crippen molar-refractivity contribution in [3.05, 3.63) is 46.9 Å². The molecule has 2 aromatic carbocycles. The van der Waals surface area contributed by atoms with Crippen molar-refractivity contribution in [2.45, 2.75) is 17.7 Å². The highest BCUT2D eigenvalue weighted by atomic mass is 32.2. The summed E-state index contributed by atoms with van der Waals surface area (Å²) in [7, 11) is -3.83. The number of fused-ring (bicyclic) bond motifs is 2. The number of aromatic amines is 1. The standard InChI is InChI=1S/C18H16N4O4S2/c23-18-20-13-6-4-12(10-15(13)26-18)28(24,25)21-11-3-5-14-16(9-11)27-17(19-14)22-7-1-2-8-22/h3-6,9-10,21H,1-2,7-8H2,(H,20,23). The molecule has 28 heavy (non-hydrogen) atoms. The van der Waals surface area contributed by atoms with Gasteiger partial charge in [0.05, 0.1) is 26.3 Å². The van der Waals surface area contributed by atoms with Gasteiger partial charge in [0, 0.05) is 19.2 Å². The maximum atomic E-state index is 12.7. The summed E-state index contributed by atoms with van der Waals surface area (Å²) in [6.45, 7) is 2.02. The lowest BCUT2D eigenvalue weighted by Gasteiger charge is -2.11. The van der Waals surface area contributed by atoms with E-state index in [-0.39, 0.29) is 10.5 Å². The Morgan fingerprint density at radius 3 is 2.79 bits per heavy atom. The van der Waals surface area contributed by atoms with E-state index in [1.54, 1.807) is 23.5 Å². The van der Waals surface area contributed by atoms with Crippen LogP contribution in [-0.2, 0) is 10.0 Å². The molecule has 0 bridgehead atoms. The van der Waals surface area contributed by atoms with Crippen LogP contribution in [0.15, 0.2) is 50.5 Å². The molecule has 0 atom stereocenters. The second-order valence-corrected chi connectivity index (χ2v) is 9.34. The van der Waals surface area contributed by atoms with Crippen LogP contribution in [0.25, 0.3) is 21.3 Å². The average Bonchev–Trinajstić information content (AvgIpc) is 3.38. The predicted octanol–water partition coefficient (Wildman–Crippen LogP) is 3.13. The number of oxazole rings is 1. The molecule has 0 saturated carbocycles. The Labute approximate surface area is 163 Å². The van der Waals surface area contributed by atoms with Crippen LogP contribution in [0, 0.1) is 0 Å². The third kappa shape index (κ3) is 3.04. The summed E-state index contributed by atoms with van der Waals surface area (Å²) in [5, 5.41) is 0.973. The van der Waals surface area contributed by atoms with Gasteiger partial charge in [-0.1, -0.05) is 11.3 Å². The van der Waals surface area contributed by atoms with Crippen LogP contribution in [-0.4, -0.2) is 31.5 Å². The molecule has 10 heteroatoms. The van der Waals surface area contributed by atoms with Gasteiger partial charge in [-0.05, 0) is 43.2 Å². The highest BCUT2D eigenvalue weighted by molar-refractivity contribution is 7.92. The number of nitrogens with one attached hydrogen (secondary N) is 2. The fourth-order valence-corrected chi connectivity index (χ4v) is 5.45. The third-order valence-electron chi connectivity index (χ3n) is 4.71. The van der Waals surface area contributed by atoms with Gasteiger partial charge in [0.1, 0.15) is 0 Å². The zero-order valence-corrected chi connectivity index (χ0v) is 16.3. The lowest BCUT2D eigenvalue weighted by Crippen LogP contribution is -2.16. The molecule has 0 aliphatic carbocycles. The second kappa shape index (κ2) is 6.35. The zero-order valence-electron chi connectivity index (χ0n) is 14.6. The third-order valence-corrected chi connectivity index (χ3v) is 7.17. The molecule has 3 heterocycles. The quantitative estimate of drug-likeness (QED) is 0.529. The topological polar surface area (TPSA) is 108 Å². The normalized spacial score (nSPS) is 14.9. The second-order valence-electron chi connectivity index (χ2n) is 6.65. The molecule has 0 unspecified atom stereocenters. The number of hydrogen-bond donors (Lipinski definition) is 2. The molecule has 144 valence electrons. The number of thiazole rings is 1. The molecule has 8 nitrogen and oxygen atoms in total. The summed E-state index contributed by atoms with van der Waals surface area (Å²) in [5.41, 5.74) is 1.95. The number of aromatic nitrogens is 2. The number of sulfonamides is 1. The minimum absolute atomic E-state index is 0.0184. The first-order valence-electron chi connectivity index (χ1n) is 8.79. The fraction of sp³-hybridized carbons (Fsp3) is 0.222. The van der Waals surface area contributed by atoms with Gasteiger partial charge in [-0.25, -0.2) is 18.2 Å². The van der Waals surface area contributed by atoms with E-state index in [4.69, 9.17) is 4.42 Å². The van der Waals surface area contributed by atoms with Gasteiger partial charge in [-0.15, -0.1) is 0 Å². The number of anilines is 2. The molecule has 0 amide bonds. The summed E-state index contributed by atoms with van der Waals surface area (Å²) in [5.74, 6) is -0.623. The maximum Gasteiger partial charge on any atom is 0.417 e. The van der Waals surface area contributed by atoms with Crippen molar-refractivity contribution in [2.24, 2.45) is 0 Å². The smallest absolute Gasteiger partial charge is 0.408 e. The number of rotatable bonds is 4. The van der Waals surface area contributed by atoms with Crippen LogP contribution >= 0.6 is 11.3 Å². The first-order chi connectivity index (χ1) is 13.5. The molecular weight excluding hydrogens is 400 g/mol. The van der Waals surface area contributed by atoms with E-state index in [1.807, 2.05) is 6.07 Å². The Morgan fingerprint density at radius 2 is 1.96 bits per heavy atom. The number of H-pyrrole nitrogens is 1. The summed E-state index contributed by atoms with van der Waals surface area (Å²) in [6.07, 6.45) is 2.35. The summed E-state index contributed by atoms with van der Waals surface area (Å²) in [4.78, 5) is 20.7. The summed E-state index contributed by atoms with van der Waals surface area (Å²) in [6, 6.07) is 9.56. The molecule has 5 rings (SSSR count). The molecule has 0 radical (unpaired) electrons. The van der Waals surface area contributed by atoms with E-state index in [2.05, 4.69) is 19.6 Å². The Morgan fingerprint density at radius 1 is 1.14 bits per heavy atom. The van der Waals surface area contributed by atoms with E-state index in [1.165, 1.54) is 31.0 Å². The van der Waals surface area contributed by atoms with Crippen LogP contribution in [0.2, 0.25) is 0 Å². The van der Waals surface area contributed by atoms with Crippen LogP contribution in [0.3, 0.4) is 0 Å². The molecule has 2 N–H and O–H groups in total. The van der Waals surface area contributed by atoms with Gasteiger partial charge in [0.2, 0.25) is 0 Å². The van der Waals surface area contributed by atoms with E-state index in [0.29, 0.717) is 11.2 Å². The van der Waals surface area contributed by atoms with Crippen LogP contribution in [0.5, 0.6) is 0 Å². The van der Waals surface area contributed by atoms with Gasteiger partial charge >= 0.3 is 5.76 Å². The van der Waals surface area contributed by atoms with Gasteiger partial charge in [0.15, 0.2) is 10.7 Å². The van der Waals surface area contributed by atoms with Crippen molar-refractivity contribution in [1.82, 2.24) is 9.97 Å². The minimum Gasteiger partial charge on any atom is -0.408 e. The first-order valence-corrected chi connectivity index (χ1v) is 11.1. The van der Waals surface area contributed by atoms with Crippen molar-refractivity contribution >= 4 is 53.5 Å². The van der Waals surface area contributed by atoms with Gasteiger partial charge in [0.25, 0.3) is 10.0 Å². The van der Waals surface area contributed by atoms with Crippen molar-refractivity contribution in [3.8, 4) is 0 Å². The molecule has 4 aromatic rings. The van der Waals surface area contributed by atoms with Crippen molar-refractivity contribution in [3.63, 3.8) is 0 Å². The van der Waals surface area contributed by atoms with Crippen LogP contribution in [0.1, 0.15) is 12.8 Å². The maximum absolute atomic E-state index is 12.7. The fourth-order valence-electron chi connectivity index (χ4n) is 3.33. The van der Waals surface area contributed by atoms with Crippen molar-refractivity contribution in [2.75, 3.05) is 22.7 Å². The largest absolute Gasteiger partial charge is 0.417 e. The number of nitrogens with zero attached hydrogens (tertiary/aromatic N) is 2. The lowest BCUT2D eigenvalue weighted by molar-refractivity contribution is 0.554. The Bertz CT molecular complexity index is 1350. The minimum atomic E-state index is -3.83. The molecule has 1 aliphatic heterocycles. The van der Waals surface area contributed by atoms with Gasteiger partial charge < -0.3 is 9.32 Å². The number of benzene rings is 2. The molecule has 0 spiro atoms. The molecule has 1 fully saturated rings. The van der Waals surface area contributed by atoms with Crippen LogP contribution in [0.4, 0.5) is 10.8 Å². The Balaban J connectivity index is 1.46. The monoisotopic (exact) mass is 416 g/mol. The molecule has 1 saturated heterocycles. The Kier molecular flexibility index (Phi) is 3.91. The van der Waals surface area contributed by atoms with E-state index in [0.717, 1.165) is 28.4 Å². The first kappa shape index (κ1) is 17.3. The molecule has 1 aliphatic rings. The zero-order chi connectivity index (χ0) is 19.3. The van der Waals surface area contributed by atoms with Gasteiger partial charge in [-0.2, -0.15) is 0 Å². The van der Waals surface area contributed by atoms with Gasteiger partial charge in [-0.3, -0.25) is 9.71 Å². The highest BCUT2D eigenvalue weighted by Crippen LogP contribution is 2.33. The average molecular weight is 416 g/mol. The SMILES string of the molecule is O=c1[nH]c2ccc(S(=O)(=O)Nc3ccc4nc(N5CCCC5)sc4c3)cc2o1. The number of hydrogen-bond acceptors (Lipinski definition) is 7.